The molecule has 6 nitrogen and oxygen atoms in total. The van der Waals surface area contributed by atoms with Gasteiger partial charge < -0.3 is 5.32 Å². The molecule has 1 aromatic carbocycles. The van der Waals surface area contributed by atoms with E-state index in [9.17, 15) is 14.4 Å². The highest BCUT2D eigenvalue weighted by atomic mass is 16.2. The van der Waals surface area contributed by atoms with Gasteiger partial charge in [-0.05, 0) is 31.7 Å². The summed E-state index contributed by atoms with van der Waals surface area (Å²) in [5.41, 5.74) is 1.34. The fourth-order valence-electron chi connectivity index (χ4n) is 5.12. The van der Waals surface area contributed by atoms with Crippen molar-refractivity contribution in [3.05, 3.63) is 29.3 Å². The van der Waals surface area contributed by atoms with Crippen LogP contribution in [0.4, 0.5) is 5.69 Å². The van der Waals surface area contributed by atoms with E-state index in [0.717, 1.165) is 16.8 Å². The average Bonchev–Trinajstić information content (AvgIpc) is 3.21. The van der Waals surface area contributed by atoms with E-state index in [-0.39, 0.29) is 35.7 Å². The van der Waals surface area contributed by atoms with Gasteiger partial charge in [0.15, 0.2) is 0 Å². The van der Waals surface area contributed by atoms with Crippen LogP contribution in [0.5, 0.6) is 0 Å². The third kappa shape index (κ3) is 2.13. The van der Waals surface area contributed by atoms with Crippen LogP contribution < -0.4 is 10.6 Å². The quantitative estimate of drug-likeness (QED) is 0.801. The topological polar surface area (TPSA) is 78.5 Å². The van der Waals surface area contributed by atoms with Gasteiger partial charge in [-0.3, -0.25) is 24.6 Å². The normalized spacial score (nSPS) is 33.0. The number of benzene rings is 1. The second-order valence-corrected chi connectivity index (χ2v) is 8.48. The highest BCUT2D eigenvalue weighted by Crippen LogP contribution is 2.54. The van der Waals surface area contributed by atoms with Crippen LogP contribution in [-0.2, 0) is 19.9 Å². The largest absolute Gasteiger partial charge is 0.324 e. The van der Waals surface area contributed by atoms with Gasteiger partial charge in [0.2, 0.25) is 17.7 Å². The number of aryl methyl sites for hydroxylation is 1. The van der Waals surface area contributed by atoms with Crippen LogP contribution in [0.2, 0.25) is 0 Å². The van der Waals surface area contributed by atoms with Crippen molar-refractivity contribution in [2.45, 2.75) is 58.7 Å². The van der Waals surface area contributed by atoms with E-state index < -0.39 is 17.4 Å². The van der Waals surface area contributed by atoms with Gasteiger partial charge >= 0.3 is 0 Å². The molecule has 3 heterocycles. The first-order valence-corrected chi connectivity index (χ1v) is 9.81. The molecule has 4 rings (SSSR count). The van der Waals surface area contributed by atoms with E-state index in [4.69, 9.17) is 0 Å². The first kappa shape index (κ1) is 18.2. The number of nitrogens with zero attached hydrogens (tertiary/aromatic N) is 1. The molecule has 0 bridgehead atoms. The number of amides is 3. The van der Waals surface area contributed by atoms with Crippen LogP contribution in [0.1, 0.15) is 45.2 Å². The number of anilines is 1. The molecule has 5 atom stereocenters. The van der Waals surface area contributed by atoms with Crippen molar-refractivity contribution in [3.63, 3.8) is 0 Å². The molecule has 3 amide bonds. The predicted molar refractivity (Wildman–Crippen MR) is 102 cm³/mol. The minimum Gasteiger partial charge on any atom is -0.324 e. The van der Waals surface area contributed by atoms with Crippen molar-refractivity contribution in [1.82, 2.24) is 10.2 Å². The maximum Gasteiger partial charge on any atom is 0.250 e. The van der Waals surface area contributed by atoms with E-state index >= 15 is 0 Å². The van der Waals surface area contributed by atoms with Gasteiger partial charge in [-0.15, -0.1) is 0 Å². The summed E-state index contributed by atoms with van der Waals surface area (Å²) in [6, 6.07) is 5.36. The Bertz CT molecular complexity index is 849. The maximum atomic E-state index is 13.5. The Morgan fingerprint density at radius 1 is 1.15 bits per heavy atom. The summed E-state index contributed by atoms with van der Waals surface area (Å²) < 4.78 is 0. The number of likely N-dealkylation sites (tertiary alicyclic amines) is 1. The molecule has 3 aliphatic rings. The van der Waals surface area contributed by atoms with Crippen molar-refractivity contribution in [2.75, 3.05) is 5.32 Å². The summed E-state index contributed by atoms with van der Waals surface area (Å²) in [5, 5.41) is 6.44. The third-order valence-corrected chi connectivity index (χ3v) is 6.68. The van der Waals surface area contributed by atoms with Gasteiger partial charge in [-0.2, -0.15) is 0 Å². The first-order chi connectivity index (χ1) is 12.8. The van der Waals surface area contributed by atoms with Gasteiger partial charge in [0.1, 0.15) is 5.54 Å². The minimum absolute atomic E-state index is 0.118. The van der Waals surface area contributed by atoms with Crippen LogP contribution in [0.3, 0.4) is 0 Å². The van der Waals surface area contributed by atoms with Crippen LogP contribution in [0, 0.1) is 24.7 Å². The van der Waals surface area contributed by atoms with Gasteiger partial charge in [-0.25, -0.2) is 0 Å². The lowest BCUT2D eigenvalue weighted by Gasteiger charge is -2.31. The van der Waals surface area contributed by atoms with Gasteiger partial charge in [0.25, 0.3) is 0 Å². The summed E-state index contributed by atoms with van der Waals surface area (Å²) in [5.74, 6) is -1.68. The number of hydrogen-bond acceptors (Lipinski definition) is 4. The molecule has 0 aliphatic carbocycles. The zero-order chi connectivity index (χ0) is 19.7. The lowest BCUT2D eigenvalue weighted by atomic mass is 9.75. The Hall–Kier alpha value is -2.21. The lowest BCUT2D eigenvalue weighted by molar-refractivity contribution is -0.145. The van der Waals surface area contributed by atoms with E-state index in [1.54, 1.807) is 0 Å². The molecule has 144 valence electrons. The molecule has 1 aromatic rings. The summed E-state index contributed by atoms with van der Waals surface area (Å²) in [6.45, 7) is 9.86. The first-order valence-electron chi connectivity index (χ1n) is 9.81. The van der Waals surface area contributed by atoms with Gasteiger partial charge in [0.05, 0.1) is 11.8 Å². The second-order valence-electron chi connectivity index (χ2n) is 8.48. The molecule has 3 aliphatic heterocycles. The van der Waals surface area contributed by atoms with Crippen molar-refractivity contribution in [3.8, 4) is 0 Å². The molecule has 1 spiro atoms. The van der Waals surface area contributed by atoms with Crippen molar-refractivity contribution in [2.24, 2.45) is 17.8 Å². The Morgan fingerprint density at radius 3 is 2.48 bits per heavy atom. The highest BCUT2D eigenvalue weighted by molar-refractivity contribution is 6.15. The molecule has 2 fully saturated rings. The number of rotatable bonds is 3. The zero-order valence-electron chi connectivity index (χ0n) is 16.5. The molecule has 0 saturated carbocycles. The van der Waals surface area contributed by atoms with Crippen LogP contribution in [-0.4, -0.2) is 34.7 Å². The molecular formula is C21H27N3O3. The van der Waals surface area contributed by atoms with Crippen LogP contribution in [0.15, 0.2) is 18.2 Å². The number of para-hydroxylation sites is 1. The number of carbonyl (C=O) groups excluding carboxylic acids is 3. The van der Waals surface area contributed by atoms with Crippen molar-refractivity contribution in [1.29, 1.82) is 0 Å². The molecular weight excluding hydrogens is 342 g/mol. The van der Waals surface area contributed by atoms with E-state index in [2.05, 4.69) is 10.6 Å². The molecule has 2 saturated heterocycles. The molecule has 0 aromatic heterocycles. The Morgan fingerprint density at radius 2 is 1.85 bits per heavy atom. The molecule has 27 heavy (non-hydrogen) atoms. The summed E-state index contributed by atoms with van der Waals surface area (Å²) >= 11 is 0. The van der Waals surface area contributed by atoms with Crippen molar-refractivity contribution >= 4 is 23.4 Å². The molecule has 2 N–H and O–H groups in total. The van der Waals surface area contributed by atoms with Crippen molar-refractivity contribution < 1.29 is 14.4 Å². The molecule has 6 heteroatoms. The minimum atomic E-state index is -1.17. The third-order valence-electron chi connectivity index (χ3n) is 6.68. The maximum absolute atomic E-state index is 13.5. The zero-order valence-corrected chi connectivity index (χ0v) is 16.5. The number of imide groups is 1. The number of fused-ring (bicyclic) bond motifs is 4. The SMILES string of the molecule is CC[C@@H](C)N1C(=O)[C@H]2[C@@H](C1=O)[C@]1(N[C@H]2C(C)C)C(=O)Nc2c(C)cccc21. The smallest absolute Gasteiger partial charge is 0.250 e. The number of nitrogens with one attached hydrogen (secondary N) is 2. The Balaban J connectivity index is 1.92. The summed E-state index contributed by atoms with van der Waals surface area (Å²) in [6.07, 6.45) is 0.700. The summed E-state index contributed by atoms with van der Waals surface area (Å²) in [7, 11) is 0. The summed E-state index contributed by atoms with van der Waals surface area (Å²) in [4.78, 5) is 41.4. The Labute approximate surface area is 159 Å². The number of carbonyl (C=O) groups is 3. The van der Waals surface area contributed by atoms with E-state index in [1.165, 1.54) is 4.90 Å². The van der Waals surface area contributed by atoms with Gasteiger partial charge in [-0.1, -0.05) is 39.0 Å². The Kier molecular flexibility index (Phi) is 3.97. The number of hydrogen-bond donors (Lipinski definition) is 2. The molecule has 0 unspecified atom stereocenters. The van der Waals surface area contributed by atoms with E-state index in [1.807, 2.05) is 52.8 Å². The van der Waals surface area contributed by atoms with Crippen LogP contribution >= 0.6 is 0 Å². The fraction of sp³-hybridized carbons (Fsp3) is 0.571. The average molecular weight is 369 g/mol. The standard InChI is InChI=1S/C21H27N3O3/c1-6-12(5)24-18(25)14-15(19(24)26)21(23-16(14)10(2)3)13-9-7-8-11(4)17(13)22-20(21)27/h7-10,12,14-16,23H,6H2,1-5H3,(H,22,27)/t12-,14+,15+,16+,21+/m1/s1. The van der Waals surface area contributed by atoms with Gasteiger partial charge in [0, 0.05) is 23.3 Å². The monoisotopic (exact) mass is 369 g/mol. The van der Waals surface area contributed by atoms with E-state index in [0.29, 0.717) is 6.42 Å². The predicted octanol–water partition coefficient (Wildman–Crippen LogP) is 2.17. The van der Waals surface area contributed by atoms with Crippen LogP contribution in [0.25, 0.3) is 0 Å². The second kappa shape index (κ2) is 5.89. The fourth-order valence-corrected chi connectivity index (χ4v) is 5.12. The lowest BCUT2D eigenvalue weighted by Crippen LogP contribution is -2.54. The highest BCUT2D eigenvalue weighted by Gasteiger charge is 2.71. The molecule has 0 radical (unpaired) electrons.